The average Bonchev–Trinajstić information content (AvgIpc) is 2.53. The summed E-state index contributed by atoms with van der Waals surface area (Å²) in [5, 5.41) is 12.9. The van der Waals surface area contributed by atoms with Crippen molar-refractivity contribution in [1.29, 1.82) is 0 Å². The number of hydrogen-bond acceptors (Lipinski definition) is 3. The number of likely N-dealkylation sites (N-methyl/N-ethyl adjacent to an activating group) is 1. The monoisotopic (exact) mass is 185 g/mol. The molecule has 0 aliphatic heterocycles. The smallest absolute Gasteiger partial charge is 0.0558 e. The van der Waals surface area contributed by atoms with Gasteiger partial charge in [-0.2, -0.15) is 11.3 Å². The average molecular weight is 185 g/mol. The maximum atomic E-state index is 8.65. The lowest BCUT2D eigenvalue weighted by Gasteiger charge is -2.13. The van der Waals surface area contributed by atoms with E-state index in [1.54, 1.807) is 11.3 Å². The molecule has 12 heavy (non-hydrogen) atoms. The molecule has 0 bridgehead atoms. The summed E-state index contributed by atoms with van der Waals surface area (Å²) in [5.41, 5.74) is 1.39. The highest BCUT2D eigenvalue weighted by Gasteiger charge is 1.97. The highest BCUT2D eigenvalue weighted by Crippen LogP contribution is 2.06. The van der Waals surface area contributed by atoms with E-state index < -0.39 is 0 Å². The molecule has 0 aliphatic carbocycles. The van der Waals surface area contributed by atoms with E-state index in [1.807, 2.05) is 7.05 Å². The normalized spacial score (nSPS) is 10.9. The number of aliphatic hydroxyl groups excluding tert-OH is 1. The van der Waals surface area contributed by atoms with Crippen molar-refractivity contribution < 1.29 is 5.11 Å². The van der Waals surface area contributed by atoms with E-state index in [-0.39, 0.29) is 6.61 Å². The molecule has 0 radical (unpaired) electrons. The standard InChI is InChI=1S/C9H15NOS/c1-10(5-6-11)4-2-9-3-7-12-8-9/h3,7-8,11H,2,4-6H2,1H3. The van der Waals surface area contributed by atoms with Gasteiger partial charge < -0.3 is 10.0 Å². The molecule has 0 amide bonds. The van der Waals surface area contributed by atoms with Gasteiger partial charge in [-0.25, -0.2) is 0 Å². The first-order valence-electron chi connectivity index (χ1n) is 4.13. The van der Waals surface area contributed by atoms with Gasteiger partial charge in [-0.1, -0.05) is 0 Å². The molecule has 0 fully saturated rings. The maximum Gasteiger partial charge on any atom is 0.0558 e. The zero-order valence-electron chi connectivity index (χ0n) is 7.36. The molecule has 1 N–H and O–H groups in total. The Balaban J connectivity index is 2.17. The van der Waals surface area contributed by atoms with Gasteiger partial charge in [-0.05, 0) is 35.9 Å². The fourth-order valence-corrected chi connectivity index (χ4v) is 1.74. The van der Waals surface area contributed by atoms with Gasteiger partial charge >= 0.3 is 0 Å². The number of rotatable bonds is 5. The molecule has 0 saturated carbocycles. The molecule has 0 atom stereocenters. The molecule has 1 heterocycles. The van der Waals surface area contributed by atoms with Crippen molar-refractivity contribution >= 4 is 11.3 Å². The number of thiophene rings is 1. The van der Waals surface area contributed by atoms with Crippen LogP contribution in [-0.4, -0.2) is 36.8 Å². The Kier molecular flexibility index (Phi) is 4.29. The lowest BCUT2D eigenvalue weighted by molar-refractivity contribution is 0.223. The molecule has 1 aromatic rings. The zero-order valence-corrected chi connectivity index (χ0v) is 8.18. The van der Waals surface area contributed by atoms with Gasteiger partial charge in [-0.15, -0.1) is 0 Å². The fourth-order valence-electron chi connectivity index (χ4n) is 1.04. The van der Waals surface area contributed by atoms with E-state index in [4.69, 9.17) is 5.11 Å². The highest BCUT2D eigenvalue weighted by molar-refractivity contribution is 7.07. The van der Waals surface area contributed by atoms with Crippen molar-refractivity contribution in [2.24, 2.45) is 0 Å². The van der Waals surface area contributed by atoms with Crippen LogP contribution in [0, 0.1) is 0 Å². The van der Waals surface area contributed by atoms with E-state index in [0.29, 0.717) is 0 Å². The summed E-state index contributed by atoms with van der Waals surface area (Å²) in [6, 6.07) is 2.15. The van der Waals surface area contributed by atoms with Crippen molar-refractivity contribution in [2.45, 2.75) is 6.42 Å². The second-order valence-electron chi connectivity index (χ2n) is 2.91. The molecule has 0 saturated heterocycles. The summed E-state index contributed by atoms with van der Waals surface area (Å²) in [5.74, 6) is 0. The molecule has 0 aliphatic rings. The van der Waals surface area contributed by atoms with Crippen LogP contribution < -0.4 is 0 Å². The summed E-state index contributed by atoms with van der Waals surface area (Å²) in [6.07, 6.45) is 1.08. The lowest BCUT2D eigenvalue weighted by atomic mass is 10.2. The first-order chi connectivity index (χ1) is 5.83. The third kappa shape index (κ3) is 3.34. The summed E-state index contributed by atoms with van der Waals surface area (Å²) < 4.78 is 0. The molecular weight excluding hydrogens is 170 g/mol. The first-order valence-corrected chi connectivity index (χ1v) is 5.07. The van der Waals surface area contributed by atoms with Crippen LogP contribution in [-0.2, 0) is 6.42 Å². The summed E-state index contributed by atoms with van der Waals surface area (Å²) >= 11 is 1.74. The van der Waals surface area contributed by atoms with Gasteiger partial charge in [-0.3, -0.25) is 0 Å². The van der Waals surface area contributed by atoms with Crippen molar-refractivity contribution in [3.8, 4) is 0 Å². The van der Waals surface area contributed by atoms with Gasteiger partial charge in [0.05, 0.1) is 6.61 Å². The van der Waals surface area contributed by atoms with Crippen LogP contribution in [0.5, 0.6) is 0 Å². The van der Waals surface area contributed by atoms with Gasteiger partial charge in [0.1, 0.15) is 0 Å². The Labute approximate surface area is 77.5 Å². The Bertz CT molecular complexity index is 198. The molecule has 0 unspecified atom stereocenters. The lowest BCUT2D eigenvalue weighted by Crippen LogP contribution is -2.24. The largest absolute Gasteiger partial charge is 0.395 e. The fraction of sp³-hybridized carbons (Fsp3) is 0.556. The molecule has 2 nitrogen and oxygen atoms in total. The Hall–Kier alpha value is -0.380. The topological polar surface area (TPSA) is 23.5 Å². The molecule has 1 aromatic heterocycles. The van der Waals surface area contributed by atoms with Crippen LogP contribution in [0.25, 0.3) is 0 Å². The minimum Gasteiger partial charge on any atom is -0.395 e. The second-order valence-corrected chi connectivity index (χ2v) is 3.69. The SMILES string of the molecule is CN(CCO)CCc1ccsc1. The molecule has 3 heteroatoms. The minimum absolute atomic E-state index is 0.250. The third-order valence-corrected chi connectivity index (χ3v) is 2.58. The van der Waals surface area contributed by atoms with Crippen LogP contribution in [0.3, 0.4) is 0 Å². The van der Waals surface area contributed by atoms with E-state index >= 15 is 0 Å². The van der Waals surface area contributed by atoms with E-state index in [1.165, 1.54) is 5.56 Å². The number of aliphatic hydroxyl groups is 1. The second kappa shape index (κ2) is 5.30. The summed E-state index contributed by atoms with van der Waals surface area (Å²) in [4.78, 5) is 2.14. The summed E-state index contributed by atoms with van der Waals surface area (Å²) in [6.45, 7) is 2.04. The van der Waals surface area contributed by atoms with Crippen molar-refractivity contribution in [1.82, 2.24) is 4.90 Å². The van der Waals surface area contributed by atoms with Crippen LogP contribution >= 0.6 is 11.3 Å². The van der Waals surface area contributed by atoms with Crippen molar-refractivity contribution in [2.75, 3.05) is 26.7 Å². The maximum absolute atomic E-state index is 8.65. The zero-order chi connectivity index (χ0) is 8.81. The Morgan fingerprint density at radius 1 is 1.50 bits per heavy atom. The summed E-state index contributed by atoms with van der Waals surface area (Å²) in [7, 11) is 2.03. The van der Waals surface area contributed by atoms with Gasteiger partial charge in [0, 0.05) is 13.1 Å². The predicted octanol–water partition coefficient (Wildman–Crippen LogP) is 1.21. The number of nitrogens with zero attached hydrogens (tertiary/aromatic N) is 1. The molecule has 0 aromatic carbocycles. The van der Waals surface area contributed by atoms with Gasteiger partial charge in [0.2, 0.25) is 0 Å². The highest BCUT2D eigenvalue weighted by atomic mass is 32.1. The van der Waals surface area contributed by atoms with Crippen LogP contribution in [0.2, 0.25) is 0 Å². The first kappa shape index (κ1) is 9.71. The molecule has 1 rings (SSSR count). The van der Waals surface area contributed by atoms with E-state index in [9.17, 15) is 0 Å². The molecule has 68 valence electrons. The quantitative estimate of drug-likeness (QED) is 0.745. The van der Waals surface area contributed by atoms with E-state index in [2.05, 4.69) is 21.7 Å². The van der Waals surface area contributed by atoms with Crippen molar-refractivity contribution in [3.05, 3.63) is 22.4 Å². The van der Waals surface area contributed by atoms with Crippen LogP contribution in [0.1, 0.15) is 5.56 Å². The molecular formula is C9H15NOS. The van der Waals surface area contributed by atoms with Crippen LogP contribution in [0.15, 0.2) is 16.8 Å². The predicted molar refractivity (Wildman–Crippen MR) is 52.6 cm³/mol. The van der Waals surface area contributed by atoms with E-state index in [0.717, 1.165) is 19.5 Å². The Morgan fingerprint density at radius 2 is 2.33 bits per heavy atom. The Morgan fingerprint density at radius 3 is 2.92 bits per heavy atom. The third-order valence-electron chi connectivity index (χ3n) is 1.84. The van der Waals surface area contributed by atoms with Gasteiger partial charge in [0.15, 0.2) is 0 Å². The van der Waals surface area contributed by atoms with Gasteiger partial charge in [0.25, 0.3) is 0 Å². The van der Waals surface area contributed by atoms with Crippen LogP contribution in [0.4, 0.5) is 0 Å². The molecule has 0 spiro atoms. The number of hydrogen-bond donors (Lipinski definition) is 1. The van der Waals surface area contributed by atoms with Crippen molar-refractivity contribution in [3.63, 3.8) is 0 Å². The minimum atomic E-state index is 0.250.